The normalized spacial score (nSPS) is 20.6. The SMILES string of the molecule is CC1(C)C(O)CCN1C(=O)CCCOc1ccccc1Cl. The average molecular weight is 312 g/mol. The van der Waals surface area contributed by atoms with Gasteiger partial charge < -0.3 is 14.7 Å². The molecule has 1 unspecified atom stereocenters. The van der Waals surface area contributed by atoms with E-state index in [9.17, 15) is 9.90 Å². The predicted molar refractivity (Wildman–Crippen MR) is 82.6 cm³/mol. The van der Waals surface area contributed by atoms with Crippen molar-refractivity contribution in [1.29, 1.82) is 0 Å². The number of hydrogen-bond acceptors (Lipinski definition) is 3. The minimum atomic E-state index is -0.472. The van der Waals surface area contributed by atoms with Gasteiger partial charge in [-0.15, -0.1) is 0 Å². The molecule has 116 valence electrons. The minimum absolute atomic E-state index is 0.0688. The van der Waals surface area contributed by atoms with Crippen LogP contribution in [0.3, 0.4) is 0 Å². The van der Waals surface area contributed by atoms with Crippen molar-refractivity contribution in [1.82, 2.24) is 4.90 Å². The van der Waals surface area contributed by atoms with E-state index in [2.05, 4.69) is 0 Å². The second-order valence-corrected chi connectivity index (χ2v) is 6.29. The van der Waals surface area contributed by atoms with Gasteiger partial charge in [-0.05, 0) is 38.8 Å². The molecule has 5 heteroatoms. The largest absolute Gasteiger partial charge is 0.492 e. The van der Waals surface area contributed by atoms with Crippen LogP contribution in [0, 0.1) is 0 Å². The number of nitrogens with zero attached hydrogens (tertiary/aromatic N) is 1. The monoisotopic (exact) mass is 311 g/mol. The Labute approximate surface area is 130 Å². The van der Waals surface area contributed by atoms with Gasteiger partial charge in [0.25, 0.3) is 0 Å². The molecule has 0 saturated carbocycles. The van der Waals surface area contributed by atoms with E-state index < -0.39 is 11.6 Å². The Kier molecular flexibility index (Phi) is 5.12. The maximum Gasteiger partial charge on any atom is 0.223 e. The molecular weight excluding hydrogens is 290 g/mol. The molecule has 0 aliphatic carbocycles. The Morgan fingerprint density at radius 2 is 2.19 bits per heavy atom. The topological polar surface area (TPSA) is 49.8 Å². The van der Waals surface area contributed by atoms with Gasteiger partial charge in [0.2, 0.25) is 5.91 Å². The van der Waals surface area contributed by atoms with Crippen LogP contribution in [0.5, 0.6) is 5.75 Å². The van der Waals surface area contributed by atoms with Crippen LogP contribution in [0.4, 0.5) is 0 Å². The second-order valence-electron chi connectivity index (χ2n) is 5.89. The first kappa shape index (κ1) is 16.1. The first-order valence-electron chi connectivity index (χ1n) is 7.29. The van der Waals surface area contributed by atoms with Crippen molar-refractivity contribution in [2.45, 2.75) is 44.8 Å². The highest BCUT2D eigenvalue weighted by Crippen LogP contribution is 2.29. The fourth-order valence-corrected chi connectivity index (χ4v) is 2.81. The summed E-state index contributed by atoms with van der Waals surface area (Å²) in [5.74, 6) is 0.711. The van der Waals surface area contributed by atoms with Gasteiger partial charge in [0.1, 0.15) is 5.75 Å². The van der Waals surface area contributed by atoms with E-state index in [-0.39, 0.29) is 5.91 Å². The van der Waals surface area contributed by atoms with Crippen LogP contribution in [0.15, 0.2) is 24.3 Å². The first-order chi connectivity index (χ1) is 9.93. The maximum atomic E-state index is 12.2. The molecular formula is C16H22ClNO3. The van der Waals surface area contributed by atoms with Gasteiger partial charge in [-0.3, -0.25) is 4.79 Å². The summed E-state index contributed by atoms with van der Waals surface area (Å²) < 4.78 is 5.57. The number of benzene rings is 1. The van der Waals surface area contributed by atoms with Gasteiger partial charge in [0.15, 0.2) is 0 Å². The number of rotatable bonds is 5. The molecule has 1 amide bonds. The van der Waals surface area contributed by atoms with Gasteiger partial charge in [-0.1, -0.05) is 23.7 Å². The Morgan fingerprint density at radius 3 is 2.81 bits per heavy atom. The summed E-state index contributed by atoms with van der Waals surface area (Å²) in [7, 11) is 0. The highest BCUT2D eigenvalue weighted by atomic mass is 35.5. The van der Waals surface area contributed by atoms with Crippen LogP contribution in [-0.2, 0) is 4.79 Å². The van der Waals surface area contributed by atoms with Crippen molar-refractivity contribution in [3.8, 4) is 5.75 Å². The molecule has 0 spiro atoms. The van der Waals surface area contributed by atoms with Crippen molar-refractivity contribution in [3.63, 3.8) is 0 Å². The Morgan fingerprint density at radius 1 is 1.48 bits per heavy atom. The molecule has 0 radical (unpaired) electrons. The molecule has 4 nitrogen and oxygen atoms in total. The number of carbonyl (C=O) groups excluding carboxylic acids is 1. The third-order valence-electron chi connectivity index (χ3n) is 4.07. The van der Waals surface area contributed by atoms with Crippen molar-refractivity contribution in [3.05, 3.63) is 29.3 Å². The molecule has 1 aliphatic rings. The Bertz CT molecular complexity index is 504. The molecule has 1 N–H and O–H groups in total. The molecule has 1 fully saturated rings. The van der Waals surface area contributed by atoms with Crippen LogP contribution in [-0.4, -0.2) is 40.7 Å². The van der Waals surface area contributed by atoms with Gasteiger partial charge in [0, 0.05) is 13.0 Å². The van der Waals surface area contributed by atoms with Gasteiger partial charge in [-0.2, -0.15) is 0 Å². The summed E-state index contributed by atoms with van der Waals surface area (Å²) in [4.78, 5) is 14.0. The van der Waals surface area contributed by atoms with Crippen LogP contribution in [0.25, 0.3) is 0 Å². The number of amides is 1. The summed E-state index contributed by atoms with van der Waals surface area (Å²) in [5, 5.41) is 10.5. The van der Waals surface area contributed by atoms with Crippen LogP contribution < -0.4 is 4.74 Å². The molecule has 1 aliphatic heterocycles. The fourth-order valence-electron chi connectivity index (χ4n) is 2.62. The standard InChI is InChI=1S/C16H22ClNO3/c1-16(2)14(19)9-10-18(16)15(20)8-5-11-21-13-7-4-3-6-12(13)17/h3-4,6-7,14,19H,5,8-11H2,1-2H3. The number of hydrogen-bond donors (Lipinski definition) is 1. The number of carbonyl (C=O) groups is 1. The maximum absolute atomic E-state index is 12.2. The van der Waals surface area contributed by atoms with Gasteiger partial charge in [-0.25, -0.2) is 0 Å². The van der Waals surface area contributed by atoms with E-state index >= 15 is 0 Å². The minimum Gasteiger partial charge on any atom is -0.492 e. The smallest absolute Gasteiger partial charge is 0.223 e. The number of ether oxygens (including phenoxy) is 1. The molecule has 2 rings (SSSR count). The third kappa shape index (κ3) is 3.69. The molecule has 1 atom stereocenters. The second kappa shape index (κ2) is 6.67. The zero-order chi connectivity index (χ0) is 15.5. The Hall–Kier alpha value is -1.26. The number of likely N-dealkylation sites (tertiary alicyclic amines) is 1. The summed E-state index contributed by atoms with van der Waals surface area (Å²) in [6.45, 7) is 4.89. The highest BCUT2D eigenvalue weighted by Gasteiger charge is 2.42. The lowest BCUT2D eigenvalue weighted by molar-refractivity contribution is -0.136. The molecule has 0 aromatic heterocycles. The number of aliphatic hydroxyl groups is 1. The molecule has 1 saturated heterocycles. The number of para-hydroxylation sites is 1. The van der Waals surface area contributed by atoms with Crippen molar-refractivity contribution < 1.29 is 14.6 Å². The zero-order valence-electron chi connectivity index (χ0n) is 12.5. The number of halogens is 1. The summed E-state index contributed by atoms with van der Waals surface area (Å²) in [6, 6.07) is 7.29. The zero-order valence-corrected chi connectivity index (χ0v) is 13.3. The van der Waals surface area contributed by atoms with E-state index in [0.717, 1.165) is 0 Å². The number of aliphatic hydroxyl groups excluding tert-OH is 1. The van der Waals surface area contributed by atoms with Crippen molar-refractivity contribution >= 4 is 17.5 Å². The lowest BCUT2D eigenvalue weighted by Gasteiger charge is -2.33. The van der Waals surface area contributed by atoms with E-state index in [0.29, 0.717) is 43.2 Å². The Balaban J connectivity index is 1.77. The summed E-state index contributed by atoms with van der Waals surface area (Å²) >= 11 is 5.99. The summed E-state index contributed by atoms with van der Waals surface area (Å²) in [5.41, 5.74) is -0.472. The molecule has 0 bridgehead atoms. The van der Waals surface area contributed by atoms with Crippen molar-refractivity contribution in [2.75, 3.05) is 13.2 Å². The molecule has 1 aromatic rings. The van der Waals surface area contributed by atoms with Gasteiger partial charge >= 0.3 is 0 Å². The summed E-state index contributed by atoms with van der Waals surface area (Å²) in [6.07, 6.45) is 1.25. The third-order valence-corrected chi connectivity index (χ3v) is 4.38. The van der Waals surface area contributed by atoms with Crippen LogP contribution >= 0.6 is 11.6 Å². The van der Waals surface area contributed by atoms with E-state index in [1.54, 1.807) is 11.0 Å². The van der Waals surface area contributed by atoms with E-state index in [1.165, 1.54) is 0 Å². The average Bonchev–Trinajstić information content (AvgIpc) is 2.71. The lowest BCUT2D eigenvalue weighted by Crippen LogP contribution is -2.48. The molecule has 1 heterocycles. The van der Waals surface area contributed by atoms with E-state index in [4.69, 9.17) is 16.3 Å². The van der Waals surface area contributed by atoms with Crippen LogP contribution in [0.2, 0.25) is 5.02 Å². The van der Waals surface area contributed by atoms with Crippen LogP contribution in [0.1, 0.15) is 33.1 Å². The predicted octanol–water partition coefficient (Wildman–Crippen LogP) is 2.87. The van der Waals surface area contributed by atoms with Crippen molar-refractivity contribution in [2.24, 2.45) is 0 Å². The lowest BCUT2D eigenvalue weighted by atomic mass is 9.98. The molecule has 21 heavy (non-hydrogen) atoms. The fraction of sp³-hybridized carbons (Fsp3) is 0.562. The van der Waals surface area contributed by atoms with Gasteiger partial charge in [0.05, 0.1) is 23.3 Å². The highest BCUT2D eigenvalue weighted by molar-refractivity contribution is 6.32. The quantitative estimate of drug-likeness (QED) is 0.851. The first-order valence-corrected chi connectivity index (χ1v) is 7.66. The molecule has 1 aromatic carbocycles. The van der Waals surface area contributed by atoms with E-state index in [1.807, 2.05) is 32.0 Å².